The molecule has 3 N–H and O–H groups in total. The summed E-state index contributed by atoms with van der Waals surface area (Å²) in [5.74, 6) is -0.306. The second-order valence-corrected chi connectivity index (χ2v) is 19.3. The molecule has 0 spiro atoms. The molecule has 0 aliphatic carbocycles. The number of nitrogens with zero attached hydrogens (tertiary/aromatic N) is 1. The summed E-state index contributed by atoms with van der Waals surface area (Å²) in [6, 6.07) is -1.11. The van der Waals surface area contributed by atoms with Crippen LogP contribution in [-0.4, -0.2) is 79.8 Å². The van der Waals surface area contributed by atoms with Gasteiger partial charge in [-0.15, -0.1) is 0 Å². The number of nitrogens with one attached hydrogen (secondary N) is 1. The average molecular weight is 927 g/mol. The summed E-state index contributed by atoms with van der Waals surface area (Å²) >= 11 is 0. The van der Waals surface area contributed by atoms with E-state index < -0.39 is 32.7 Å². The van der Waals surface area contributed by atoms with Crippen molar-refractivity contribution in [3.05, 3.63) is 109 Å². The van der Waals surface area contributed by atoms with Gasteiger partial charge in [0, 0.05) is 6.42 Å². The molecule has 0 aliphatic rings. The molecule has 65 heavy (non-hydrogen) atoms. The SMILES string of the molecule is C/C=C/CC/C=C/CC/C=C/CCCC(O)C(O)C(COP(=O)([O-])OCC[N+](C)(C)C)NC(=O)CCCCCCCCCCCC/C=C\C/C=C\C/C=C\C/C=C\C/C=C\C/C=C\CC. The summed E-state index contributed by atoms with van der Waals surface area (Å²) in [7, 11) is 1.07. The number of allylic oxidation sites excluding steroid dienone is 18. The van der Waals surface area contributed by atoms with Crippen LogP contribution in [0.25, 0.3) is 0 Å². The van der Waals surface area contributed by atoms with E-state index in [1.807, 2.05) is 28.1 Å². The van der Waals surface area contributed by atoms with Crippen LogP contribution in [0, 0.1) is 0 Å². The Labute approximate surface area is 398 Å². The standard InChI is InChI=1S/C55H95N2O7P/c1-6-8-10-12-14-16-18-20-21-22-23-24-25-26-27-28-29-30-31-32-33-34-35-36-38-40-42-44-46-48-54(59)56-52(51-64-65(61,62)63-50-49-57(3,4)5)55(60)53(58)47-45-43-41-39-37-19-17-15-13-11-9-7-2/h7-10,14-17,20-21,23-24,26-27,29-30,39,41,52-53,55,58,60H,6,11-13,18-19,22,25,28,31-38,40,42-51H2,1-5H3,(H-,56,59,61,62)/b9-7+,10-8-,16-14-,17-15+,21-20-,24-23-,27-26-,30-29-,41-39+. The fourth-order valence-electron chi connectivity index (χ4n) is 6.65. The number of phosphoric acid groups is 1. The summed E-state index contributed by atoms with van der Waals surface area (Å²) in [5.41, 5.74) is 0. The highest BCUT2D eigenvalue weighted by molar-refractivity contribution is 7.45. The lowest BCUT2D eigenvalue weighted by Gasteiger charge is -2.31. The molecule has 0 saturated carbocycles. The number of hydrogen-bond acceptors (Lipinski definition) is 7. The summed E-state index contributed by atoms with van der Waals surface area (Å²) in [6.45, 7) is 4.05. The molecule has 0 fully saturated rings. The van der Waals surface area contributed by atoms with E-state index in [1.165, 1.54) is 38.5 Å². The number of unbranched alkanes of at least 4 members (excludes halogenated alkanes) is 13. The number of aliphatic hydroxyl groups excluding tert-OH is 2. The Bertz CT molecular complexity index is 1440. The van der Waals surface area contributed by atoms with Crippen molar-refractivity contribution in [2.45, 2.75) is 193 Å². The number of aliphatic hydroxyl groups is 2. The second-order valence-electron chi connectivity index (χ2n) is 17.9. The van der Waals surface area contributed by atoms with E-state index >= 15 is 0 Å². The third-order valence-electron chi connectivity index (χ3n) is 10.6. The van der Waals surface area contributed by atoms with Crippen LogP contribution in [0.2, 0.25) is 0 Å². The van der Waals surface area contributed by atoms with Gasteiger partial charge in [0.15, 0.2) is 0 Å². The molecule has 0 rings (SSSR count). The van der Waals surface area contributed by atoms with Crippen molar-refractivity contribution in [3.63, 3.8) is 0 Å². The molecular weight excluding hydrogens is 832 g/mol. The summed E-state index contributed by atoms with van der Waals surface area (Å²) < 4.78 is 23.2. The van der Waals surface area contributed by atoms with Gasteiger partial charge in [-0.2, -0.15) is 0 Å². The maximum atomic E-state index is 12.9. The molecule has 4 unspecified atom stereocenters. The Kier molecular flexibility index (Phi) is 42.9. The molecule has 9 nitrogen and oxygen atoms in total. The van der Waals surface area contributed by atoms with Gasteiger partial charge in [0.05, 0.1) is 39.9 Å². The van der Waals surface area contributed by atoms with Crippen molar-refractivity contribution >= 4 is 13.7 Å². The number of hydrogen-bond donors (Lipinski definition) is 3. The van der Waals surface area contributed by atoms with Crippen molar-refractivity contribution in [2.75, 3.05) is 40.9 Å². The topological polar surface area (TPSA) is 128 Å². The zero-order chi connectivity index (χ0) is 48.0. The summed E-state index contributed by atoms with van der Waals surface area (Å²) in [5, 5.41) is 24.6. The average Bonchev–Trinajstić information content (AvgIpc) is 3.26. The number of amides is 1. The Hall–Kier alpha value is -2.88. The fraction of sp³-hybridized carbons (Fsp3) is 0.655. The van der Waals surface area contributed by atoms with Gasteiger partial charge in [0.1, 0.15) is 19.3 Å². The number of phosphoric ester groups is 1. The molecule has 0 aromatic carbocycles. The first kappa shape index (κ1) is 62.1. The molecule has 0 saturated heterocycles. The van der Waals surface area contributed by atoms with Gasteiger partial charge in [0.2, 0.25) is 5.91 Å². The van der Waals surface area contributed by atoms with Gasteiger partial charge < -0.3 is 34.0 Å². The van der Waals surface area contributed by atoms with Crippen LogP contribution in [0.4, 0.5) is 0 Å². The molecule has 0 aliphatic heterocycles. The first-order valence-corrected chi connectivity index (χ1v) is 26.7. The molecule has 0 aromatic heterocycles. The minimum absolute atomic E-state index is 0.0570. The normalized spacial score (nSPS) is 15.5. The molecule has 0 heterocycles. The van der Waals surface area contributed by atoms with Gasteiger partial charge >= 0.3 is 0 Å². The Morgan fingerprint density at radius 2 is 1.00 bits per heavy atom. The van der Waals surface area contributed by atoms with Gasteiger partial charge in [0.25, 0.3) is 7.82 Å². The van der Waals surface area contributed by atoms with Crippen molar-refractivity contribution in [2.24, 2.45) is 0 Å². The van der Waals surface area contributed by atoms with Crippen LogP contribution in [0.3, 0.4) is 0 Å². The smallest absolute Gasteiger partial charge is 0.268 e. The fourth-order valence-corrected chi connectivity index (χ4v) is 7.37. The van der Waals surface area contributed by atoms with Crippen molar-refractivity contribution in [1.29, 1.82) is 0 Å². The number of carbonyl (C=O) groups excluding carboxylic acids is 1. The minimum Gasteiger partial charge on any atom is -0.756 e. The van der Waals surface area contributed by atoms with E-state index in [0.29, 0.717) is 30.3 Å². The van der Waals surface area contributed by atoms with Gasteiger partial charge in [-0.1, -0.05) is 168 Å². The van der Waals surface area contributed by atoms with Crippen LogP contribution >= 0.6 is 7.82 Å². The lowest BCUT2D eigenvalue weighted by Crippen LogP contribution is -2.51. The monoisotopic (exact) mass is 927 g/mol. The maximum Gasteiger partial charge on any atom is 0.268 e. The van der Waals surface area contributed by atoms with Crippen molar-refractivity contribution in [3.8, 4) is 0 Å². The highest BCUT2D eigenvalue weighted by Crippen LogP contribution is 2.38. The molecular formula is C55H95N2O7P. The predicted octanol–water partition coefficient (Wildman–Crippen LogP) is 13.2. The molecule has 4 atom stereocenters. The number of rotatable bonds is 44. The third kappa shape index (κ3) is 46.0. The first-order valence-electron chi connectivity index (χ1n) is 25.3. The molecule has 0 aromatic rings. The zero-order valence-electron chi connectivity index (χ0n) is 41.8. The van der Waals surface area contributed by atoms with Crippen LogP contribution in [-0.2, 0) is 18.4 Å². The van der Waals surface area contributed by atoms with Crippen molar-refractivity contribution in [1.82, 2.24) is 5.32 Å². The van der Waals surface area contributed by atoms with E-state index in [9.17, 15) is 24.5 Å². The van der Waals surface area contributed by atoms with E-state index in [2.05, 4.69) is 122 Å². The van der Waals surface area contributed by atoms with Crippen LogP contribution < -0.4 is 10.2 Å². The minimum atomic E-state index is -4.69. The summed E-state index contributed by atoms with van der Waals surface area (Å²) in [4.78, 5) is 25.4. The molecule has 1 amide bonds. The maximum absolute atomic E-state index is 12.9. The van der Waals surface area contributed by atoms with Crippen LogP contribution in [0.1, 0.15) is 174 Å². The molecule has 0 radical (unpaired) electrons. The highest BCUT2D eigenvalue weighted by atomic mass is 31.2. The lowest BCUT2D eigenvalue weighted by molar-refractivity contribution is -0.870. The van der Waals surface area contributed by atoms with Gasteiger partial charge in [-0.05, 0) is 110 Å². The number of quaternary nitrogens is 1. The lowest BCUT2D eigenvalue weighted by atomic mass is 10.0. The number of likely N-dealkylation sites (N-methyl/N-ethyl adjacent to an activating group) is 1. The zero-order valence-corrected chi connectivity index (χ0v) is 42.6. The van der Waals surface area contributed by atoms with E-state index in [0.717, 1.165) is 96.3 Å². The Morgan fingerprint density at radius 1 is 0.585 bits per heavy atom. The highest BCUT2D eigenvalue weighted by Gasteiger charge is 2.29. The number of carbonyl (C=O) groups is 1. The molecule has 0 bridgehead atoms. The van der Waals surface area contributed by atoms with E-state index in [1.54, 1.807) is 0 Å². The Balaban J connectivity index is 4.32. The van der Waals surface area contributed by atoms with E-state index in [-0.39, 0.29) is 18.9 Å². The Morgan fingerprint density at radius 3 is 1.49 bits per heavy atom. The van der Waals surface area contributed by atoms with Crippen LogP contribution in [0.5, 0.6) is 0 Å². The van der Waals surface area contributed by atoms with Crippen LogP contribution in [0.15, 0.2) is 109 Å². The predicted molar refractivity (Wildman–Crippen MR) is 275 cm³/mol. The molecule has 372 valence electrons. The van der Waals surface area contributed by atoms with E-state index in [4.69, 9.17) is 9.05 Å². The first-order chi connectivity index (χ1) is 31.4. The second kappa shape index (κ2) is 44.9. The molecule has 10 heteroatoms. The largest absolute Gasteiger partial charge is 0.756 e. The third-order valence-corrected chi connectivity index (χ3v) is 11.6. The van der Waals surface area contributed by atoms with Gasteiger partial charge in [-0.3, -0.25) is 9.36 Å². The quantitative estimate of drug-likeness (QED) is 0.0240. The van der Waals surface area contributed by atoms with Gasteiger partial charge in [-0.25, -0.2) is 0 Å². The van der Waals surface area contributed by atoms with Crippen molar-refractivity contribution < 1.29 is 38.0 Å². The summed E-state index contributed by atoms with van der Waals surface area (Å²) in [6.07, 6.45) is 61.6.